The van der Waals surface area contributed by atoms with Crippen LogP contribution in [0.3, 0.4) is 0 Å². The summed E-state index contributed by atoms with van der Waals surface area (Å²) in [5.74, 6) is 1.94. The average Bonchev–Trinajstić information content (AvgIpc) is 2.78. The minimum Gasteiger partial charge on any atom is -0.394 e. The first kappa shape index (κ1) is 8.52. The SMILES string of the molecule is CCN[C@]1(CO)C[C@H](C2CC2)C1. The monoisotopic (exact) mass is 169 g/mol. The minimum absolute atomic E-state index is 0.113. The lowest BCUT2D eigenvalue weighted by Crippen LogP contribution is -2.58. The molecule has 2 rings (SSSR count). The summed E-state index contributed by atoms with van der Waals surface area (Å²) in [7, 11) is 0. The summed E-state index contributed by atoms with van der Waals surface area (Å²) in [5.41, 5.74) is 0.113. The van der Waals surface area contributed by atoms with Gasteiger partial charge in [0.25, 0.3) is 0 Å². The standard InChI is InChI=1S/C10H19NO/c1-2-11-10(7-12)5-9(6-10)8-3-4-8/h8-9,11-12H,2-7H2,1H3/t9-,10+. The maximum absolute atomic E-state index is 9.23. The Hall–Kier alpha value is -0.0800. The van der Waals surface area contributed by atoms with Crippen molar-refractivity contribution in [2.75, 3.05) is 13.2 Å². The Morgan fingerprint density at radius 3 is 2.42 bits per heavy atom. The van der Waals surface area contributed by atoms with Crippen molar-refractivity contribution in [2.45, 2.75) is 38.1 Å². The molecule has 0 aliphatic heterocycles. The molecule has 0 aromatic rings. The molecule has 0 atom stereocenters. The third kappa shape index (κ3) is 1.38. The Morgan fingerprint density at radius 2 is 2.00 bits per heavy atom. The number of aliphatic hydroxyl groups excluding tert-OH is 1. The summed E-state index contributed by atoms with van der Waals surface area (Å²) < 4.78 is 0. The quantitative estimate of drug-likeness (QED) is 0.661. The van der Waals surface area contributed by atoms with Crippen LogP contribution in [0.5, 0.6) is 0 Å². The van der Waals surface area contributed by atoms with Crippen molar-refractivity contribution in [3.05, 3.63) is 0 Å². The molecule has 0 spiro atoms. The van der Waals surface area contributed by atoms with E-state index in [1.54, 1.807) is 0 Å². The molecule has 2 saturated carbocycles. The molecule has 0 bridgehead atoms. The topological polar surface area (TPSA) is 32.3 Å². The fraction of sp³-hybridized carbons (Fsp3) is 1.00. The molecule has 2 nitrogen and oxygen atoms in total. The zero-order valence-corrected chi connectivity index (χ0v) is 7.84. The van der Waals surface area contributed by atoms with Gasteiger partial charge in [0, 0.05) is 5.54 Å². The molecule has 2 fully saturated rings. The van der Waals surface area contributed by atoms with Gasteiger partial charge >= 0.3 is 0 Å². The Balaban J connectivity index is 1.80. The number of hydrogen-bond acceptors (Lipinski definition) is 2. The van der Waals surface area contributed by atoms with Gasteiger partial charge in [-0.2, -0.15) is 0 Å². The summed E-state index contributed by atoms with van der Waals surface area (Å²) in [5, 5.41) is 12.6. The van der Waals surface area contributed by atoms with Crippen LogP contribution in [0, 0.1) is 11.8 Å². The first-order valence-corrected chi connectivity index (χ1v) is 5.15. The van der Waals surface area contributed by atoms with E-state index in [1.165, 1.54) is 25.7 Å². The maximum atomic E-state index is 9.23. The lowest BCUT2D eigenvalue weighted by Gasteiger charge is -2.47. The van der Waals surface area contributed by atoms with Crippen molar-refractivity contribution in [3.63, 3.8) is 0 Å². The van der Waals surface area contributed by atoms with Crippen LogP contribution in [0.2, 0.25) is 0 Å². The highest BCUT2D eigenvalue weighted by Gasteiger charge is 2.48. The molecule has 0 unspecified atom stereocenters. The van der Waals surface area contributed by atoms with Gasteiger partial charge in [-0.3, -0.25) is 0 Å². The number of aliphatic hydroxyl groups is 1. The molecule has 0 aromatic carbocycles. The van der Waals surface area contributed by atoms with Crippen molar-refractivity contribution in [2.24, 2.45) is 11.8 Å². The Morgan fingerprint density at radius 1 is 1.33 bits per heavy atom. The second-order valence-electron chi connectivity index (χ2n) is 4.47. The van der Waals surface area contributed by atoms with E-state index >= 15 is 0 Å². The Kier molecular flexibility index (Phi) is 2.13. The number of nitrogens with one attached hydrogen (secondary N) is 1. The van der Waals surface area contributed by atoms with Crippen molar-refractivity contribution >= 4 is 0 Å². The molecule has 0 radical (unpaired) electrons. The molecular weight excluding hydrogens is 150 g/mol. The zero-order chi connectivity index (χ0) is 8.60. The molecule has 70 valence electrons. The lowest BCUT2D eigenvalue weighted by atomic mass is 9.66. The second kappa shape index (κ2) is 3.00. The third-order valence-electron chi connectivity index (χ3n) is 3.45. The molecule has 2 aliphatic rings. The van der Waals surface area contributed by atoms with Crippen molar-refractivity contribution < 1.29 is 5.11 Å². The highest BCUT2D eigenvalue weighted by Crippen LogP contribution is 2.51. The van der Waals surface area contributed by atoms with Crippen LogP contribution >= 0.6 is 0 Å². The van der Waals surface area contributed by atoms with E-state index in [4.69, 9.17) is 0 Å². The van der Waals surface area contributed by atoms with Crippen LogP contribution in [-0.4, -0.2) is 23.8 Å². The Labute approximate surface area is 74.4 Å². The normalized spacial score (nSPS) is 41.0. The van der Waals surface area contributed by atoms with Crippen LogP contribution < -0.4 is 5.32 Å². The van der Waals surface area contributed by atoms with Crippen molar-refractivity contribution in [3.8, 4) is 0 Å². The van der Waals surface area contributed by atoms with Crippen LogP contribution in [0.25, 0.3) is 0 Å². The molecule has 2 N–H and O–H groups in total. The predicted octanol–water partition coefficient (Wildman–Crippen LogP) is 1.15. The van der Waals surface area contributed by atoms with Crippen LogP contribution in [0.1, 0.15) is 32.6 Å². The second-order valence-corrected chi connectivity index (χ2v) is 4.47. The average molecular weight is 169 g/mol. The predicted molar refractivity (Wildman–Crippen MR) is 48.9 cm³/mol. The molecule has 0 saturated heterocycles. The highest BCUT2D eigenvalue weighted by atomic mass is 16.3. The van der Waals surface area contributed by atoms with Gasteiger partial charge in [-0.05, 0) is 44.1 Å². The summed E-state index contributed by atoms with van der Waals surface area (Å²) in [4.78, 5) is 0. The van der Waals surface area contributed by atoms with Gasteiger partial charge in [0.15, 0.2) is 0 Å². The molecule has 0 aromatic heterocycles. The van der Waals surface area contributed by atoms with Gasteiger partial charge in [0.1, 0.15) is 0 Å². The number of likely N-dealkylation sites (N-methyl/N-ethyl adjacent to an activating group) is 1. The molecule has 2 aliphatic carbocycles. The fourth-order valence-electron chi connectivity index (χ4n) is 2.55. The smallest absolute Gasteiger partial charge is 0.0613 e. The van der Waals surface area contributed by atoms with E-state index in [9.17, 15) is 5.11 Å². The van der Waals surface area contributed by atoms with Gasteiger partial charge < -0.3 is 10.4 Å². The van der Waals surface area contributed by atoms with E-state index in [-0.39, 0.29) is 5.54 Å². The first-order chi connectivity index (χ1) is 5.79. The fourth-order valence-corrected chi connectivity index (χ4v) is 2.55. The van der Waals surface area contributed by atoms with E-state index in [1.807, 2.05) is 0 Å². The van der Waals surface area contributed by atoms with Crippen LogP contribution in [0.15, 0.2) is 0 Å². The van der Waals surface area contributed by atoms with Crippen molar-refractivity contribution in [1.82, 2.24) is 5.32 Å². The molecule has 12 heavy (non-hydrogen) atoms. The summed E-state index contributed by atoms with van der Waals surface area (Å²) in [6.07, 6.45) is 5.31. The van der Waals surface area contributed by atoms with Gasteiger partial charge in [-0.15, -0.1) is 0 Å². The molecule has 2 heteroatoms. The number of hydrogen-bond donors (Lipinski definition) is 2. The van der Waals surface area contributed by atoms with E-state index < -0.39 is 0 Å². The maximum Gasteiger partial charge on any atom is 0.0613 e. The zero-order valence-electron chi connectivity index (χ0n) is 7.84. The third-order valence-corrected chi connectivity index (χ3v) is 3.45. The van der Waals surface area contributed by atoms with Gasteiger partial charge in [-0.25, -0.2) is 0 Å². The summed E-state index contributed by atoms with van der Waals surface area (Å²) >= 11 is 0. The largest absolute Gasteiger partial charge is 0.394 e. The van der Waals surface area contributed by atoms with E-state index in [0.29, 0.717) is 6.61 Å². The first-order valence-electron chi connectivity index (χ1n) is 5.15. The Bertz CT molecular complexity index is 159. The van der Waals surface area contributed by atoms with Gasteiger partial charge in [-0.1, -0.05) is 6.92 Å². The van der Waals surface area contributed by atoms with E-state index in [2.05, 4.69) is 12.2 Å². The van der Waals surface area contributed by atoms with Crippen molar-refractivity contribution in [1.29, 1.82) is 0 Å². The number of rotatable bonds is 4. The molecule has 0 heterocycles. The highest BCUT2D eigenvalue weighted by molar-refractivity contribution is 5.04. The molecular formula is C10H19NO. The lowest BCUT2D eigenvalue weighted by molar-refractivity contribution is 0.0312. The van der Waals surface area contributed by atoms with Crippen LogP contribution in [-0.2, 0) is 0 Å². The molecule has 0 amide bonds. The van der Waals surface area contributed by atoms with Gasteiger partial charge in [0.2, 0.25) is 0 Å². The van der Waals surface area contributed by atoms with Gasteiger partial charge in [0.05, 0.1) is 6.61 Å². The minimum atomic E-state index is 0.113. The van der Waals surface area contributed by atoms with E-state index in [0.717, 1.165) is 18.4 Å². The van der Waals surface area contributed by atoms with Crippen LogP contribution in [0.4, 0.5) is 0 Å². The summed E-state index contributed by atoms with van der Waals surface area (Å²) in [6.45, 7) is 3.42. The summed E-state index contributed by atoms with van der Waals surface area (Å²) in [6, 6.07) is 0.